The first-order valence-electron chi connectivity index (χ1n) is 8.72. The van der Waals surface area contributed by atoms with Crippen molar-refractivity contribution < 1.29 is 0 Å². The molecule has 1 saturated heterocycles. The van der Waals surface area contributed by atoms with Crippen molar-refractivity contribution >= 4 is 11.9 Å². The largest absolute Gasteiger partial charge is 0.355 e. The molecule has 2 aliphatic carbocycles. The smallest absolute Gasteiger partial charge is 0.139 e. The number of anilines is 1. The van der Waals surface area contributed by atoms with Gasteiger partial charge in [0.25, 0.3) is 0 Å². The van der Waals surface area contributed by atoms with E-state index in [-0.39, 0.29) is 0 Å². The number of nitrogens with zero attached hydrogens (tertiary/aromatic N) is 3. The molecule has 3 nitrogen and oxygen atoms in total. The first kappa shape index (κ1) is 14.0. The Morgan fingerprint density at radius 3 is 3.00 bits per heavy atom. The third-order valence-electron chi connectivity index (χ3n) is 5.61. The van der Waals surface area contributed by atoms with Crippen LogP contribution in [0.1, 0.15) is 62.6 Å². The van der Waals surface area contributed by atoms with E-state index < -0.39 is 0 Å². The van der Waals surface area contributed by atoms with E-state index in [1.165, 1.54) is 43.4 Å². The predicted molar refractivity (Wildman–Crippen MR) is 91.0 cm³/mol. The molecule has 1 fully saturated rings. The molecule has 1 aliphatic heterocycles. The van der Waals surface area contributed by atoms with Crippen LogP contribution in [0.2, 0.25) is 0 Å². The lowest BCUT2D eigenvalue weighted by Crippen LogP contribution is -2.28. The van der Waals surface area contributed by atoms with E-state index in [4.69, 9.17) is 0 Å². The number of fused-ring (bicyclic) bond motifs is 1. The van der Waals surface area contributed by atoms with Gasteiger partial charge in [-0.1, -0.05) is 31.2 Å². The molecule has 0 bridgehead atoms. The van der Waals surface area contributed by atoms with Crippen LogP contribution in [0, 0.1) is 5.41 Å². The highest BCUT2D eigenvalue weighted by molar-refractivity contribution is 5.67. The zero-order valence-corrected chi connectivity index (χ0v) is 13.5. The van der Waals surface area contributed by atoms with Gasteiger partial charge in [-0.3, -0.25) is 0 Å². The van der Waals surface area contributed by atoms with Gasteiger partial charge in [-0.2, -0.15) is 0 Å². The lowest BCUT2D eigenvalue weighted by atomic mass is 9.78. The Kier molecular flexibility index (Phi) is 3.51. The van der Waals surface area contributed by atoms with Crippen molar-refractivity contribution in [3.63, 3.8) is 0 Å². The lowest BCUT2D eigenvalue weighted by Gasteiger charge is -2.29. The molecule has 1 aromatic heterocycles. The number of hydrogen-bond donors (Lipinski definition) is 0. The first-order valence-corrected chi connectivity index (χ1v) is 8.72. The van der Waals surface area contributed by atoms with E-state index in [0.29, 0.717) is 11.3 Å². The van der Waals surface area contributed by atoms with Gasteiger partial charge < -0.3 is 4.90 Å². The second-order valence-electron chi connectivity index (χ2n) is 7.21. The number of rotatable bonds is 1. The fraction of sp³-hybridized carbons (Fsp3) is 0.579. The number of allylic oxidation sites excluding steroid dienone is 2. The summed E-state index contributed by atoms with van der Waals surface area (Å²) in [6, 6.07) is 0. The molecule has 116 valence electrons. The molecule has 0 saturated carbocycles. The molecule has 0 amide bonds. The third kappa shape index (κ3) is 2.37. The fourth-order valence-electron chi connectivity index (χ4n) is 4.29. The highest BCUT2D eigenvalue weighted by Gasteiger charge is 2.38. The van der Waals surface area contributed by atoms with Gasteiger partial charge >= 0.3 is 0 Å². The van der Waals surface area contributed by atoms with Crippen molar-refractivity contribution in [3.05, 3.63) is 35.8 Å². The summed E-state index contributed by atoms with van der Waals surface area (Å²) >= 11 is 0. The van der Waals surface area contributed by atoms with Gasteiger partial charge in [0.05, 0.1) is 5.69 Å². The van der Waals surface area contributed by atoms with Crippen LogP contribution < -0.4 is 4.90 Å². The minimum atomic E-state index is 0.399. The minimum absolute atomic E-state index is 0.399. The molecular formula is C19H25N3. The van der Waals surface area contributed by atoms with Crippen LogP contribution in [0.3, 0.4) is 0 Å². The van der Waals surface area contributed by atoms with E-state index in [9.17, 15) is 0 Å². The molecule has 1 spiro atoms. The highest BCUT2D eigenvalue weighted by atomic mass is 15.2. The SMILES string of the molecule is CC1CCC=Cc2c1ncnc2N1CCC2(C=CCCC2)C1. The van der Waals surface area contributed by atoms with Gasteiger partial charge in [0.1, 0.15) is 12.1 Å². The molecule has 3 heteroatoms. The maximum atomic E-state index is 4.67. The molecule has 1 aromatic rings. The van der Waals surface area contributed by atoms with Crippen LogP contribution in [-0.4, -0.2) is 23.1 Å². The molecule has 0 aromatic carbocycles. The molecule has 0 radical (unpaired) electrons. The van der Waals surface area contributed by atoms with E-state index in [1.807, 2.05) is 0 Å². The third-order valence-corrected chi connectivity index (χ3v) is 5.61. The Morgan fingerprint density at radius 2 is 2.14 bits per heavy atom. The van der Waals surface area contributed by atoms with Gasteiger partial charge in [-0.25, -0.2) is 9.97 Å². The summed E-state index contributed by atoms with van der Waals surface area (Å²) in [5.74, 6) is 1.68. The van der Waals surface area contributed by atoms with Crippen LogP contribution in [0.4, 0.5) is 5.82 Å². The van der Waals surface area contributed by atoms with E-state index in [2.05, 4.69) is 46.1 Å². The number of aromatic nitrogens is 2. The van der Waals surface area contributed by atoms with Crippen LogP contribution >= 0.6 is 0 Å². The standard InChI is InChI=1S/C19H25N3/c1-15-7-3-4-8-16-17(15)20-14-21-18(16)22-12-11-19(13-22)9-5-2-6-10-19/h4-5,8-9,14-15H,2-3,6-7,10-13H2,1H3. The van der Waals surface area contributed by atoms with Crippen LogP contribution in [0.25, 0.3) is 6.08 Å². The van der Waals surface area contributed by atoms with Gasteiger partial charge in [0, 0.05) is 24.1 Å². The molecule has 2 unspecified atom stereocenters. The monoisotopic (exact) mass is 295 g/mol. The lowest BCUT2D eigenvalue weighted by molar-refractivity contribution is 0.368. The first-order chi connectivity index (χ1) is 10.8. The molecule has 2 atom stereocenters. The maximum absolute atomic E-state index is 4.67. The quantitative estimate of drug-likeness (QED) is 0.722. The molecule has 4 rings (SSSR count). The second kappa shape index (κ2) is 5.53. The topological polar surface area (TPSA) is 29.0 Å². The summed E-state index contributed by atoms with van der Waals surface area (Å²) in [6.45, 7) is 4.53. The molecular weight excluding hydrogens is 270 g/mol. The Bertz CT molecular complexity index is 619. The van der Waals surface area contributed by atoms with Crippen molar-refractivity contribution in [2.75, 3.05) is 18.0 Å². The Balaban J connectivity index is 1.68. The number of hydrogen-bond acceptors (Lipinski definition) is 3. The van der Waals surface area contributed by atoms with Crippen molar-refractivity contribution in [1.29, 1.82) is 0 Å². The maximum Gasteiger partial charge on any atom is 0.139 e. The zero-order valence-electron chi connectivity index (χ0n) is 13.5. The summed E-state index contributed by atoms with van der Waals surface area (Å²) in [7, 11) is 0. The van der Waals surface area contributed by atoms with E-state index >= 15 is 0 Å². The van der Waals surface area contributed by atoms with Crippen LogP contribution in [0.5, 0.6) is 0 Å². The predicted octanol–water partition coefficient (Wildman–Crippen LogP) is 4.32. The fourth-order valence-corrected chi connectivity index (χ4v) is 4.29. The van der Waals surface area contributed by atoms with Crippen molar-refractivity contribution in [2.24, 2.45) is 5.41 Å². The Labute approximate surface area is 133 Å². The molecule has 0 N–H and O–H groups in total. The normalized spacial score (nSPS) is 30.6. The average Bonchev–Trinajstić information content (AvgIpc) is 2.84. The van der Waals surface area contributed by atoms with Gasteiger partial charge in [0.2, 0.25) is 0 Å². The van der Waals surface area contributed by atoms with Crippen LogP contribution in [-0.2, 0) is 0 Å². The zero-order chi connectivity index (χ0) is 15.0. The summed E-state index contributed by atoms with van der Waals surface area (Å²) in [4.78, 5) is 11.8. The molecule has 3 aliphatic rings. The molecule has 22 heavy (non-hydrogen) atoms. The van der Waals surface area contributed by atoms with Crippen molar-refractivity contribution in [3.8, 4) is 0 Å². The van der Waals surface area contributed by atoms with Gasteiger partial charge in [-0.05, 0) is 44.4 Å². The summed E-state index contributed by atoms with van der Waals surface area (Å²) in [5, 5.41) is 0. The Hall–Kier alpha value is -1.64. The highest BCUT2D eigenvalue weighted by Crippen LogP contribution is 2.42. The molecule has 2 heterocycles. The average molecular weight is 295 g/mol. The second-order valence-corrected chi connectivity index (χ2v) is 7.21. The van der Waals surface area contributed by atoms with E-state index in [0.717, 1.165) is 25.3 Å². The summed E-state index contributed by atoms with van der Waals surface area (Å²) < 4.78 is 0. The Morgan fingerprint density at radius 1 is 1.18 bits per heavy atom. The summed E-state index contributed by atoms with van der Waals surface area (Å²) in [5.41, 5.74) is 2.90. The van der Waals surface area contributed by atoms with E-state index in [1.54, 1.807) is 6.33 Å². The van der Waals surface area contributed by atoms with Gasteiger partial charge in [-0.15, -0.1) is 0 Å². The van der Waals surface area contributed by atoms with Crippen molar-refractivity contribution in [1.82, 2.24) is 9.97 Å². The van der Waals surface area contributed by atoms with Crippen molar-refractivity contribution in [2.45, 2.75) is 51.4 Å². The minimum Gasteiger partial charge on any atom is -0.355 e. The summed E-state index contributed by atoms with van der Waals surface area (Å²) in [6.07, 6.45) is 18.7. The van der Waals surface area contributed by atoms with Crippen LogP contribution in [0.15, 0.2) is 24.6 Å². The van der Waals surface area contributed by atoms with Gasteiger partial charge in [0.15, 0.2) is 0 Å².